The van der Waals surface area contributed by atoms with E-state index in [0.717, 1.165) is 30.9 Å². The zero-order chi connectivity index (χ0) is 13.9. The van der Waals surface area contributed by atoms with Crippen molar-refractivity contribution in [1.29, 1.82) is 0 Å². The molecule has 1 aromatic carbocycles. The van der Waals surface area contributed by atoms with Crippen LogP contribution >= 0.6 is 0 Å². The molecule has 2 atom stereocenters. The van der Waals surface area contributed by atoms with Crippen LogP contribution < -0.4 is 10.1 Å². The molecule has 0 fully saturated rings. The number of hydrogen-bond acceptors (Lipinski definition) is 4. The van der Waals surface area contributed by atoms with Crippen molar-refractivity contribution >= 4 is 0 Å². The molecular weight excluding hydrogens is 252 g/mol. The third kappa shape index (κ3) is 2.54. The molecule has 0 saturated carbocycles. The molecule has 0 saturated heterocycles. The fourth-order valence-electron chi connectivity index (χ4n) is 2.95. The summed E-state index contributed by atoms with van der Waals surface area (Å²) >= 11 is 0. The highest BCUT2D eigenvalue weighted by Gasteiger charge is 2.28. The molecule has 20 heavy (non-hydrogen) atoms. The summed E-state index contributed by atoms with van der Waals surface area (Å²) in [6.45, 7) is 0.778. The number of fused-ring (bicyclic) bond motifs is 1. The standard InChI is InChI=1S/C15H20N4O/c1-16-14(9-11-10-19(2)18-17-11)12-7-8-20-15-6-4-3-5-13(12)15/h3-6,10,12,14,16H,7-9H2,1-2H3. The molecule has 3 rings (SSSR count). The van der Waals surface area contributed by atoms with Crippen LogP contribution in [-0.2, 0) is 13.5 Å². The van der Waals surface area contributed by atoms with Crippen molar-refractivity contribution in [1.82, 2.24) is 20.3 Å². The Kier molecular flexibility index (Phi) is 3.69. The minimum Gasteiger partial charge on any atom is -0.493 e. The fourth-order valence-corrected chi connectivity index (χ4v) is 2.95. The molecule has 0 amide bonds. The lowest BCUT2D eigenvalue weighted by atomic mass is 9.84. The zero-order valence-electron chi connectivity index (χ0n) is 11.9. The number of nitrogens with one attached hydrogen (secondary N) is 1. The van der Waals surface area contributed by atoms with E-state index in [1.54, 1.807) is 4.68 Å². The highest BCUT2D eigenvalue weighted by Crippen LogP contribution is 2.36. The third-order valence-electron chi connectivity index (χ3n) is 3.94. The molecule has 0 bridgehead atoms. The normalized spacial score (nSPS) is 19.2. The van der Waals surface area contributed by atoms with Crippen LogP contribution in [0.2, 0.25) is 0 Å². The Morgan fingerprint density at radius 1 is 1.45 bits per heavy atom. The van der Waals surface area contributed by atoms with Crippen LogP contribution in [0.5, 0.6) is 5.75 Å². The molecule has 1 N–H and O–H groups in total. The smallest absolute Gasteiger partial charge is 0.122 e. The van der Waals surface area contributed by atoms with Gasteiger partial charge in [-0.2, -0.15) is 0 Å². The van der Waals surface area contributed by atoms with Gasteiger partial charge >= 0.3 is 0 Å². The van der Waals surface area contributed by atoms with Gasteiger partial charge in [0.25, 0.3) is 0 Å². The van der Waals surface area contributed by atoms with Crippen LogP contribution in [0.25, 0.3) is 0 Å². The van der Waals surface area contributed by atoms with Crippen LogP contribution in [0.3, 0.4) is 0 Å². The molecular formula is C15H20N4O. The van der Waals surface area contributed by atoms with Crippen molar-refractivity contribution in [3.8, 4) is 5.75 Å². The Bertz CT molecular complexity index is 581. The second-order valence-electron chi connectivity index (χ2n) is 5.26. The van der Waals surface area contributed by atoms with Crippen LogP contribution in [-0.4, -0.2) is 34.7 Å². The van der Waals surface area contributed by atoms with E-state index in [-0.39, 0.29) is 0 Å². The molecule has 5 heteroatoms. The molecule has 0 aliphatic carbocycles. The highest BCUT2D eigenvalue weighted by atomic mass is 16.5. The van der Waals surface area contributed by atoms with E-state index >= 15 is 0 Å². The molecule has 0 radical (unpaired) electrons. The number of likely N-dealkylation sites (N-methyl/N-ethyl adjacent to an activating group) is 1. The quantitative estimate of drug-likeness (QED) is 0.916. The Labute approximate surface area is 118 Å². The summed E-state index contributed by atoms with van der Waals surface area (Å²) < 4.78 is 7.49. The number of aryl methyl sites for hydroxylation is 1. The molecule has 0 spiro atoms. The van der Waals surface area contributed by atoms with Crippen molar-refractivity contribution in [2.24, 2.45) is 7.05 Å². The largest absolute Gasteiger partial charge is 0.493 e. The van der Waals surface area contributed by atoms with E-state index in [9.17, 15) is 0 Å². The van der Waals surface area contributed by atoms with E-state index in [2.05, 4.69) is 33.8 Å². The van der Waals surface area contributed by atoms with E-state index in [1.165, 1.54) is 5.56 Å². The Morgan fingerprint density at radius 2 is 2.30 bits per heavy atom. The van der Waals surface area contributed by atoms with Gasteiger partial charge in [0.05, 0.1) is 12.3 Å². The van der Waals surface area contributed by atoms with Crippen LogP contribution in [0.1, 0.15) is 23.6 Å². The van der Waals surface area contributed by atoms with Gasteiger partial charge in [-0.15, -0.1) is 5.10 Å². The monoisotopic (exact) mass is 272 g/mol. The van der Waals surface area contributed by atoms with Crippen LogP contribution in [0.4, 0.5) is 0 Å². The Morgan fingerprint density at radius 3 is 3.05 bits per heavy atom. The van der Waals surface area contributed by atoms with E-state index in [0.29, 0.717) is 12.0 Å². The summed E-state index contributed by atoms with van der Waals surface area (Å²) in [7, 11) is 3.91. The lowest BCUT2D eigenvalue weighted by Crippen LogP contribution is -2.36. The maximum Gasteiger partial charge on any atom is 0.122 e. The molecule has 5 nitrogen and oxygen atoms in total. The maximum absolute atomic E-state index is 5.74. The molecule has 106 valence electrons. The van der Waals surface area contributed by atoms with Gasteiger partial charge in [-0.25, -0.2) is 0 Å². The Balaban J connectivity index is 1.83. The van der Waals surface area contributed by atoms with Gasteiger partial charge in [0, 0.05) is 31.6 Å². The number of hydrogen-bond donors (Lipinski definition) is 1. The molecule has 2 aromatic rings. The SMILES string of the molecule is CNC(Cc1cn(C)nn1)C1CCOc2ccccc21. The van der Waals surface area contributed by atoms with E-state index in [4.69, 9.17) is 4.74 Å². The summed E-state index contributed by atoms with van der Waals surface area (Å²) in [6, 6.07) is 8.67. The minimum absolute atomic E-state index is 0.344. The summed E-state index contributed by atoms with van der Waals surface area (Å²) in [5.41, 5.74) is 2.32. The first kappa shape index (κ1) is 13.1. The Hall–Kier alpha value is -1.88. The first-order valence-electron chi connectivity index (χ1n) is 7.02. The predicted molar refractivity (Wildman–Crippen MR) is 76.8 cm³/mol. The average Bonchev–Trinajstić information content (AvgIpc) is 2.89. The summed E-state index contributed by atoms with van der Waals surface area (Å²) in [6.07, 6.45) is 3.89. The van der Waals surface area contributed by atoms with Crippen LogP contribution in [0, 0.1) is 0 Å². The molecule has 2 unspecified atom stereocenters. The lowest BCUT2D eigenvalue weighted by molar-refractivity contribution is 0.247. The minimum atomic E-state index is 0.344. The van der Waals surface area contributed by atoms with Gasteiger partial charge < -0.3 is 10.1 Å². The van der Waals surface area contributed by atoms with Gasteiger partial charge in [0.1, 0.15) is 5.75 Å². The molecule has 2 heterocycles. The summed E-state index contributed by atoms with van der Waals surface area (Å²) in [4.78, 5) is 0. The number of ether oxygens (including phenoxy) is 1. The topological polar surface area (TPSA) is 52.0 Å². The van der Waals surface area contributed by atoms with Gasteiger partial charge in [0.2, 0.25) is 0 Å². The molecule has 1 aliphatic heterocycles. The van der Waals surface area contributed by atoms with E-state index in [1.807, 2.05) is 26.4 Å². The first-order valence-corrected chi connectivity index (χ1v) is 7.02. The number of aromatic nitrogens is 3. The molecule has 1 aromatic heterocycles. The van der Waals surface area contributed by atoms with Gasteiger partial charge in [-0.3, -0.25) is 4.68 Å². The highest BCUT2D eigenvalue weighted by molar-refractivity contribution is 5.38. The molecule has 1 aliphatic rings. The van der Waals surface area contributed by atoms with E-state index < -0.39 is 0 Å². The summed E-state index contributed by atoms with van der Waals surface area (Å²) in [5.74, 6) is 1.47. The number of rotatable bonds is 4. The van der Waals surface area contributed by atoms with Crippen molar-refractivity contribution < 1.29 is 4.74 Å². The van der Waals surface area contributed by atoms with Crippen LogP contribution in [0.15, 0.2) is 30.5 Å². The fraction of sp³-hybridized carbons (Fsp3) is 0.467. The third-order valence-corrected chi connectivity index (χ3v) is 3.94. The summed E-state index contributed by atoms with van der Waals surface area (Å²) in [5, 5.41) is 11.6. The zero-order valence-corrected chi connectivity index (χ0v) is 11.9. The average molecular weight is 272 g/mol. The second-order valence-corrected chi connectivity index (χ2v) is 5.26. The second kappa shape index (κ2) is 5.63. The van der Waals surface area contributed by atoms with Crippen molar-refractivity contribution in [2.45, 2.75) is 24.8 Å². The number of benzene rings is 1. The van der Waals surface area contributed by atoms with Crippen molar-refractivity contribution in [3.63, 3.8) is 0 Å². The van der Waals surface area contributed by atoms with Gasteiger partial charge in [0.15, 0.2) is 0 Å². The first-order chi connectivity index (χ1) is 9.78. The number of para-hydroxylation sites is 1. The lowest BCUT2D eigenvalue weighted by Gasteiger charge is -2.31. The maximum atomic E-state index is 5.74. The van der Waals surface area contributed by atoms with Gasteiger partial charge in [-0.1, -0.05) is 23.4 Å². The van der Waals surface area contributed by atoms with Crippen molar-refractivity contribution in [3.05, 3.63) is 41.7 Å². The van der Waals surface area contributed by atoms with Crippen molar-refractivity contribution in [2.75, 3.05) is 13.7 Å². The predicted octanol–water partition coefficient (Wildman–Crippen LogP) is 1.51. The van der Waals surface area contributed by atoms with Gasteiger partial charge in [-0.05, 0) is 25.1 Å². The number of nitrogens with zero attached hydrogens (tertiary/aromatic N) is 3.